The van der Waals surface area contributed by atoms with Gasteiger partial charge in [0.1, 0.15) is 78.3 Å². The molecule has 3 aromatic rings. The molecule has 0 radical (unpaired) electrons. The number of primary amides is 1. The summed E-state index contributed by atoms with van der Waals surface area (Å²) >= 11 is 4.27. The first-order valence-corrected chi connectivity index (χ1v) is 51.4. The Labute approximate surface area is 841 Å². The number of aromatic hydroxyl groups is 1. The van der Waals surface area contributed by atoms with Crippen molar-refractivity contribution in [2.24, 2.45) is 28.9 Å². The number of hydrogen-bond acceptors (Lipinski definition) is 28. The highest BCUT2D eigenvalue weighted by atomic mass is 32.2. The Morgan fingerprint density at radius 2 is 0.748 bits per heavy atom. The Morgan fingerprint density at radius 3 is 1.17 bits per heavy atom. The summed E-state index contributed by atoms with van der Waals surface area (Å²) in [5.41, 5.74) is 23.8. The van der Waals surface area contributed by atoms with Crippen LogP contribution in [0.15, 0.2) is 84.9 Å². The maximum absolute atomic E-state index is 15.2. The van der Waals surface area contributed by atoms with E-state index in [1.807, 2.05) is 0 Å². The molecular weight excluding hydrogens is 1920 g/mol. The molecule has 0 unspecified atom stereocenters. The van der Waals surface area contributed by atoms with Crippen LogP contribution in [-0.4, -0.2) is 310 Å². The fourth-order valence-corrected chi connectivity index (χ4v) is 17.7. The van der Waals surface area contributed by atoms with Crippen molar-refractivity contribution in [3.8, 4) is 5.75 Å². The minimum atomic E-state index is -2.10. The van der Waals surface area contributed by atoms with E-state index >= 15 is 14.4 Å². The number of nitrogens with two attached hydrogens (primary N) is 4. The highest BCUT2D eigenvalue weighted by molar-refractivity contribution is 8.00. The van der Waals surface area contributed by atoms with Crippen LogP contribution in [0.2, 0.25) is 0 Å². The smallest absolute Gasteiger partial charge is 0.315 e. The minimum absolute atomic E-state index is 0.00504. The molecule has 790 valence electrons. The molecule has 16 atom stereocenters. The van der Waals surface area contributed by atoms with Gasteiger partial charge in [-0.3, -0.25) is 95.9 Å². The van der Waals surface area contributed by atoms with E-state index in [1.165, 1.54) is 54.7 Å². The van der Waals surface area contributed by atoms with E-state index in [1.54, 1.807) is 91.9 Å². The third kappa shape index (κ3) is 46.3. The number of amides is 19. The molecule has 2 aliphatic heterocycles. The quantitative estimate of drug-likeness (QED) is 0.0189. The molecule has 2 fully saturated rings. The molecule has 50 heteroatoms. The summed E-state index contributed by atoms with van der Waals surface area (Å²) in [5.74, 6) is -20.5. The van der Waals surface area contributed by atoms with E-state index in [2.05, 4.69) is 95.7 Å². The van der Waals surface area contributed by atoms with E-state index < -0.39 is 261 Å². The normalized spacial score (nSPS) is 16.1. The number of carboxylic acids is 3. The number of hydrogen-bond donors (Lipinski definition) is 26. The summed E-state index contributed by atoms with van der Waals surface area (Å²) in [6.45, 7) is 1.30. The molecule has 0 aromatic heterocycles. The molecule has 0 aliphatic carbocycles. The lowest BCUT2D eigenvalue weighted by atomic mass is 9.96. The summed E-state index contributed by atoms with van der Waals surface area (Å²) in [4.78, 5) is 287. The third-order valence-electron chi connectivity index (χ3n) is 23.3. The first kappa shape index (κ1) is 121. The Morgan fingerprint density at radius 1 is 0.385 bits per heavy atom. The van der Waals surface area contributed by atoms with Gasteiger partial charge in [-0.1, -0.05) is 99.5 Å². The molecule has 2 heterocycles. The number of fused-ring (bicyclic) bond motifs is 1. The average molecular weight is 2060 g/mol. The van der Waals surface area contributed by atoms with Gasteiger partial charge in [0.15, 0.2) is 0 Å². The molecule has 47 nitrogen and oxygen atoms in total. The number of phenols is 1. The average Bonchev–Trinajstić information content (AvgIpc) is 1.67. The maximum atomic E-state index is 15.2. The van der Waals surface area contributed by atoms with Crippen molar-refractivity contribution in [1.29, 1.82) is 0 Å². The van der Waals surface area contributed by atoms with Gasteiger partial charge in [0.25, 0.3) is 0 Å². The van der Waals surface area contributed by atoms with Crippen molar-refractivity contribution in [3.05, 3.63) is 102 Å². The summed E-state index contributed by atoms with van der Waals surface area (Å²) < 4.78 is 0. The van der Waals surface area contributed by atoms with Gasteiger partial charge >= 0.3 is 23.9 Å². The first-order valence-electron chi connectivity index (χ1n) is 47.6. The zero-order valence-corrected chi connectivity index (χ0v) is 83.2. The minimum Gasteiger partial charge on any atom is -0.508 e. The van der Waals surface area contributed by atoms with Crippen molar-refractivity contribution < 1.29 is 121 Å². The number of carbonyl (C=O) groups excluding carboxylic acids is 18. The van der Waals surface area contributed by atoms with Crippen LogP contribution in [0.4, 0.5) is 4.79 Å². The Hall–Kier alpha value is -12.9. The number of aliphatic carboxylic acids is 3. The molecule has 0 spiro atoms. The van der Waals surface area contributed by atoms with E-state index in [0.29, 0.717) is 69.0 Å². The van der Waals surface area contributed by atoms with Crippen LogP contribution in [0.3, 0.4) is 0 Å². The van der Waals surface area contributed by atoms with E-state index in [0.717, 1.165) is 12.2 Å². The van der Waals surface area contributed by atoms with Crippen LogP contribution in [0.5, 0.6) is 5.75 Å². The lowest BCUT2D eigenvalue weighted by molar-refractivity contribution is -0.142. The molecular formula is C93H140N22O25S3. The number of phenolic OH excluding ortho intramolecular Hbond substituents is 1. The molecule has 19 amide bonds. The number of carbonyl (C=O) groups is 21. The van der Waals surface area contributed by atoms with Crippen molar-refractivity contribution >= 4 is 160 Å². The van der Waals surface area contributed by atoms with E-state index in [4.69, 9.17) is 22.9 Å². The molecule has 0 bridgehead atoms. The molecule has 2 saturated heterocycles. The largest absolute Gasteiger partial charge is 0.508 e. The van der Waals surface area contributed by atoms with Gasteiger partial charge in [-0.25, -0.2) is 4.79 Å². The molecule has 0 saturated carbocycles. The zero-order chi connectivity index (χ0) is 105. The van der Waals surface area contributed by atoms with Crippen LogP contribution in [0, 0.1) is 5.92 Å². The molecule has 3 aromatic carbocycles. The number of thioether (sulfide) groups is 3. The van der Waals surface area contributed by atoms with Gasteiger partial charge < -0.3 is 139 Å². The maximum Gasteiger partial charge on any atom is 0.315 e. The standard InChI is InChI=1S/C93H140N22O25S3/c1-5-53(2)79(114-91(138)68(47-78(126)127)111-86(133)61(33-35-76(122)123)106-87(134)64(38-43-142-4)103-75(121)51-99-72(118)48-98-71(117)28-13-12-27-70-80-69(52-143-70)113-93(140)115-80)92(139)112-67(46-56-29-31-57(116)32-30-56)90(137)110-66(45-55-22-10-7-11-23-55)88(135)107-62(34-36-77(124)125)85(132)109-65(44-54-20-8-6-9-21-54)89(136)108-63(37-42-141-3)82(129)101-49-73(119)100-50-74(120)102-59(25-15-18-40-95)83(130)105-60(26-16-19-41-96)84(131)104-58(81(97)128)24-14-17-39-94/h6-11,20-23,29-32,53,58-70,79-80,116H,5,12-19,24-28,33-52,94-96H2,1-4H3,(H2,97,128)(H,98,117)(H,99,118)(H,100,119)(H,101,129)(H,102,120)(H,103,121)(H,104,131)(H,105,130)(H,106,134)(H,107,135)(H,108,136)(H,109,132)(H,110,137)(H,111,133)(H,112,139)(H,114,138)(H,122,123)(H,124,125)(H,126,127)(H2,113,115,140)/t53-,58-,59-,60-,61-,62-,63-,64-,65-,66-,67-,68-,69-,70-,79-,80-/m0/s1. The van der Waals surface area contributed by atoms with Crippen LogP contribution in [0.1, 0.15) is 165 Å². The number of carboxylic acid groups (broad SMARTS) is 3. The van der Waals surface area contributed by atoms with Crippen molar-refractivity contribution in [2.45, 2.75) is 258 Å². The highest BCUT2D eigenvalue weighted by Crippen LogP contribution is 2.33. The zero-order valence-electron chi connectivity index (χ0n) is 80.8. The number of benzene rings is 3. The number of nitrogens with one attached hydrogen (secondary N) is 18. The Balaban J connectivity index is 1.33. The fraction of sp³-hybridized carbons (Fsp3) is 0.581. The monoisotopic (exact) mass is 2060 g/mol. The fourth-order valence-electron chi connectivity index (χ4n) is 15.2. The third-order valence-corrected chi connectivity index (χ3v) is 26.1. The number of urea groups is 1. The number of unbranched alkanes of at least 4 members (excludes halogenated alkanes) is 4. The summed E-state index contributed by atoms with van der Waals surface area (Å²) in [5, 5.41) is 86.4. The van der Waals surface area contributed by atoms with Crippen molar-refractivity contribution in [2.75, 3.05) is 75.6 Å². The lowest BCUT2D eigenvalue weighted by Crippen LogP contribution is -2.62. The second-order valence-corrected chi connectivity index (χ2v) is 37.9. The molecule has 143 heavy (non-hydrogen) atoms. The summed E-state index contributed by atoms with van der Waals surface area (Å²) in [7, 11) is 0. The topological polar surface area (TPSA) is 760 Å². The first-order chi connectivity index (χ1) is 68.3. The Bertz CT molecular complexity index is 4730. The van der Waals surface area contributed by atoms with Crippen LogP contribution in [0.25, 0.3) is 0 Å². The number of rotatable bonds is 71. The van der Waals surface area contributed by atoms with Crippen molar-refractivity contribution in [3.63, 3.8) is 0 Å². The van der Waals surface area contributed by atoms with Gasteiger partial charge in [0.05, 0.1) is 44.7 Å². The highest BCUT2D eigenvalue weighted by Gasteiger charge is 2.44. The van der Waals surface area contributed by atoms with Gasteiger partial charge in [-0.15, -0.1) is 0 Å². The van der Waals surface area contributed by atoms with Crippen LogP contribution < -0.4 is 119 Å². The second kappa shape index (κ2) is 66.0. The van der Waals surface area contributed by atoms with E-state index in [9.17, 15) is 107 Å². The SMILES string of the molecule is CC[C@H](C)[C@H](NC(=O)[C@H](CC(=O)O)NC(=O)[C@H](CCC(=O)O)NC(=O)[C@H](CCSC)NC(=O)CNC(=O)CNC(=O)CCCC[C@@H]1SC[C@@H]2NC(=O)N[C@@H]21)C(=O)N[C@@H](Cc1ccc(O)cc1)C(=O)N[C@@H](Cc1ccccc1)C(=O)N[C@@H](CCC(=O)O)C(=O)N[C@@H](Cc1ccccc1)C(=O)N[C@@H](CCSC)C(=O)NCC(=O)NCC(=O)N[C@@H](CCCCN)C(=O)N[C@@H](CCCCN)C(=O)N[C@@H](CCCCN)C(N)=O. The Kier molecular flexibility index (Phi) is 55.6. The molecule has 2 aliphatic rings. The molecule has 5 rings (SSSR count). The lowest BCUT2D eigenvalue weighted by Gasteiger charge is -2.30. The van der Waals surface area contributed by atoms with Crippen molar-refractivity contribution in [1.82, 2.24) is 95.7 Å². The van der Waals surface area contributed by atoms with Gasteiger partial charge in [-0.05, 0) is 175 Å². The van der Waals surface area contributed by atoms with Crippen LogP contribution in [-0.2, 0) is 115 Å². The van der Waals surface area contributed by atoms with Gasteiger partial charge in [0, 0.05) is 49.5 Å². The molecule has 30 N–H and O–H groups in total. The van der Waals surface area contributed by atoms with Crippen LogP contribution >= 0.6 is 35.3 Å². The van der Waals surface area contributed by atoms with Gasteiger partial charge in [-0.2, -0.15) is 35.3 Å². The summed E-state index contributed by atoms with van der Waals surface area (Å²) in [6.07, 6.45) is 3.27. The van der Waals surface area contributed by atoms with E-state index in [-0.39, 0.29) is 117 Å². The second-order valence-electron chi connectivity index (χ2n) is 34.6. The predicted octanol–water partition coefficient (Wildman–Crippen LogP) is -3.94. The van der Waals surface area contributed by atoms with Gasteiger partial charge in [0.2, 0.25) is 100 Å². The summed E-state index contributed by atoms with van der Waals surface area (Å²) in [6, 6.07) is 2.38. The predicted molar refractivity (Wildman–Crippen MR) is 531 cm³/mol.